The highest BCUT2D eigenvalue weighted by atomic mass is 19.1. The van der Waals surface area contributed by atoms with Crippen LogP contribution in [0.1, 0.15) is 17.5 Å². The summed E-state index contributed by atoms with van der Waals surface area (Å²) < 4.78 is 30.2. The minimum Gasteiger partial charge on any atom is -0.493 e. The second-order valence-electron chi connectivity index (χ2n) is 7.48. The first-order chi connectivity index (χ1) is 14.7. The Morgan fingerprint density at radius 1 is 1.07 bits per heavy atom. The van der Waals surface area contributed by atoms with E-state index in [-0.39, 0.29) is 5.82 Å². The summed E-state index contributed by atoms with van der Waals surface area (Å²) in [4.78, 5) is 2.40. The van der Waals surface area contributed by atoms with Crippen LogP contribution in [0.4, 0.5) is 4.39 Å². The van der Waals surface area contributed by atoms with E-state index in [1.54, 1.807) is 13.4 Å². The van der Waals surface area contributed by atoms with Crippen molar-refractivity contribution in [3.63, 3.8) is 0 Å². The van der Waals surface area contributed by atoms with Gasteiger partial charge in [-0.1, -0.05) is 24.3 Å². The fourth-order valence-electron chi connectivity index (χ4n) is 4.02. The zero-order chi connectivity index (χ0) is 20.5. The Labute approximate surface area is 174 Å². The van der Waals surface area contributed by atoms with Crippen molar-refractivity contribution >= 4 is 16.5 Å². The highest BCUT2D eigenvalue weighted by molar-refractivity contribution is 5.89. The van der Waals surface area contributed by atoms with Gasteiger partial charge in [0.2, 0.25) is 0 Å². The van der Waals surface area contributed by atoms with E-state index in [9.17, 15) is 4.39 Å². The molecule has 30 heavy (non-hydrogen) atoms. The van der Waals surface area contributed by atoms with Gasteiger partial charge in [0.05, 0.1) is 13.4 Å². The number of halogens is 1. The van der Waals surface area contributed by atoms with Crippen molar-refractivity contribution in [1.82, 2.24) is 4.90 Å². The molecule has 0 spiro atoms. The van der Waals surface area contributed by atoms with Crippen LogP contribution in [0.25, 0.3) is 28.1 Å². The highest BCUT2D eigenvalue weighted by Gasteiger charge is 2.19. The first-order valence-corrected chi connectivity index (χ1v) is 10.0. The molecule has 5 rings (SSSR count). The first-order valence-electron chi connectivity index (χ1n) is 10.0. The van der Waals surface area contributed by atoms with Crippen LogP contribution in [-0.4, -0.2) is 25.1 Å². The molecule has 0 bridgehead atoms. The van der Waals surface area contributed by atoms with Crippen molar-refractivity contribution in [1.29, 1.82) is 0 Å². The van der Waals surface area contributed by atoms with Crippen LogP contribution in [0.2, 0.25) is 0 Å². The maximum absolute atomic E-state index is 13.2. The van der Waals surface area contributed by atoms with E-state index in [1.165, 1.54) is 23.3 Å². The van der Waals surface area contributed by atoms with Crippen LogP contribution < -0.4 is 4.74 Å². The zero-order valence-electron chi connectivity index (χ0n) is 16.7. The predicted molar refractivity (Wildman–Crippen MR) is 115 cm³/mol. The molecule has 0 unspecified atom stereocenters. The standard InChI is InChI=1S/C25H22FNO3/c1-28-23-9-6-19(21-15-24(30-25(21)23)22-3-2-14-29-22)16-27-12-10-18(11-13-27)17-4-7-20(26)8-5-17/h2-10,14-15H,11-13,16H2,1H3. The highest BCUT2D eigenvalue weighted by Crippen LogP contribution is 2.36. The van der Waals surface area contributed by atoms with Gasteiger partial charge in [-0.05, 0) is 59.5 Å². The summed E-state index contributed by atoms with van der Waals surface area (Å²) >= 11 is 0. The lowest BCUT2D eigenvalue weighted by Crippen LogP contribution is -2.28. The maximum Gasteiger partial charge on any atom is 0.177 e. The Morgan fingerprint density at radius 2 is 1.93 bits per heavy atom. The smallest absolute Gasteiger partial charge is 0.177 e. The summed E-state index contributed by atoms with van der Waals surface area (Å²) in [6, 6.07) is 16.6. The quantitative estimate of drug-likeness (QED) is 0.402. The van der Waals surface area contributed by atoms with Crippen molar-refractivity contribution in [2.24, 2.45) is 0 Å². The van der Waals surface area contributed by atoms with Crippen LogP contribution in [0.15, 0.2) is 75.8 Å². The number of rotatable bonds is 5. The van der Waals surface area contributed by atoms with Gasteiger partial charge in [0.15, 0.2) is 22.9 Å². The number of methoxy groups -OCH3 is 1. The molecule has 0 N–H and O–H groups in total. The van der Waals surface area contributed by atoms with Gasteiger partial charge in [-0.2, -0.15) is 0 Å². The normalized spacial score (nSPS) is 14.8. The molecule has 0 saturated heterocycles. The molecular formula is C25H22FNO3. The molecule has 0 saturated carbocycles. The lowest BCUT2D eigenvalue weighted by Gasteiger charge is -2.26. The van der Waals surface area contributed by atoms with E-state index in [0.29, 0.717) is 17.3 Å². The molecule has 3 heterocycles. The topological polar surface area (TPSA) is 38.8 Å². The number of hydrogen-bond donors (Lipinski definition) is 0. The molecule has 0 radical (unpaired) electrons. The van der Waals surface area contributed by atoms with Crippen LogP contribution in [0.5, 0.6) is 5.75 Å². The molecule has 1 aliphatic heterocycles. The van der Waals surface area contributed by atoms with E-state index in [1.807, 2.05) is 36.4 Å². The summed E-state index contributed by atoms with van der Waals surface area (Å²) in [5.41, 5.74) is 4.29. The summed E-state index contributed by atoms with van der Waals surface area (Å²) in [5, 5.41) is 1.04. The second-order valence-corrected chi connectivity index (χ2v) is 7.48. The summed E-state index contributed by atoms with van der Waals surface area (Å²) in [5.74, 6) is 1.90. The summed E-state index contributed by atoms with van der Waals surface area (Å²) in [6.45, 7) is 2.60. The van der Waals surface area contributed by atoms with E-state index in [2.05, 4.69) is 17.0 Å². The lowest BCUT2D eigenvalue weighted by atomic mass is 9.99. The number of hydrogen-bond acceptors (Lipinski definition) is 4. The van der Waals surface area contributed by atoms with Crippen molar-refractivity contribution in [2.75, 3.05) is 20.2 Å². The van der Waals surface area contributed by atoms with Crippen LogP contribution in [-0.2, 0) is 6.54 Å². The summed E-state index contributed by atoms with van der Waals surface area (Å²) in [6.07, 6.45) is 4.81. The monoisotopic (exact) mass is 403 g/mol. The number of nitrogens with zero attached hydrogens (tertiary/aromatic N) is 1. The Balaban J connectivity index is 1.40. The van der Waals surface area contributed by atoms with E-state index in [0.717, 1.165) is 42.6 Å². The van der Waals surface area contributed by atoms with Gasteiger partial charge >= 0.3 is 0 Å². The average Bonchev–Trinajstić information content (AvgIpc) is 3.45. The minimum absolute atomic E-state index is 0.200. The fraction of sp³-hybridized carbons (Fsp3) is 0.200. The van der Waals surface area contributed by atoms with E-state index in [4.69, 9.17) is 13.6 Å². The molecule has 0 atom stereocenters. The Kier molecular flexibility index (Phi) is 4.89. The fourth-order valence-corrected chi connectivity index (χ4v) is 4.02. The van der Waals surface area contributed by atoms with E-state index >= 15 is 0 Å². The van der Waals surface area contributed by atoms with Gasteiger partial charge in [0, 0.05) is 25.0 Å². The lowest BCUT2D eigenvalue weighted by molar-refractivity contribution is 0.295. The number of benzene rings is 2. The number of fused-ring (bicyclic) bond motifs is 1. The Bertz CT molecular complexity index is 1190. The van der Waals surface area contributed by atoms with E-state index < -0.39 is 0 Å². The van der Waals surface area contributed by atoms with Gasteiger partial charge in [0.1, 0.15) is 5.82 Å². The molecule has 2 aromatic carbocycles. The van der Waals surface area contributed by atoms with Gasteiger partial charge < -0.3 is 13.6 Å². The van der Waals surface area contributed by atoms with Crippen molar-refractivity contribution in [2.45, 2.75) is 13.0 Å². The molecular weight excluding hydrogens is 381 g/mol. The zero-order valence-corrected chi connectivity index (χ0v) is 16.7. The molecule has 0 amide bonds. The van der Waals surface area contributed by atoms with Crippen LogP contribution in [0.3, 0.4) is 0 Å². The van der Waals surface area contributed by atoms with Crippen LogP contribution in [0, 0.1) is 5.82 Å². The maximum atomic E-state index is 13.2. The van der Waals surface area contributed by atoms with Gasteiger partial charge in [-0.15, -0.1) is 0 Å². The molecule has 4 nitrogen and oxygen atoms in total. The first kappa shape index (κ1) is 18.7. The Hall–Kier alpha value is -3.31. The molecule has 1 aliphatic rings. The van der Waals surface area contributed by atoms with Crippen LogP contribution >= 0.6 is 0 Å². The number of furan rings is 2. The van der Waals surface area contributed by atoms with Gasteiger partial charge in [-0.25, -0.2) is 4.39 Å². The third-order valence-electron chi connectivity index (χ3n) is 5.62. The molecule has 4 aromatic rings. The number of ether oxygens (including phenoxy) is 1. The van der Waals surface area contributed by atoms with Gasteiger partial charge in [-0.3, -0.25) is 4.90 Å². The second kappa shape index (κ2) is 7.84. The summed E-state index contributed by atoms with van der Waals surface area (Å²) in [7, 11) is 1.65. The van der Waals surface area contributed by atoms with Gasteiger partial charge in [0.25, 0.3) is 0 Å². The third-order valence-corrected chi connectivity index (χ3v) is 5.62. The van der Waals surface area contributed by atoms with Crippen molar-refractivity contribution in [3.8, 4) is 17.3 Å². The largest absolute Gasteiger partial charge is 0.493 e. The molecule has 5 heteroatoms. The SMILES string of the molecule is COc1ccc(CN2CC=C(c3ccc(F)cc3)CC2)c2cc(-c3ccco3)oc12. The predicted octanol–water partition coefficient (Wildman–Crippen LogP) is 6.13. The molecule has 152 valence electrons. The Morgan fingerprint density at radius 3 is 2.63 bits per heavy atom. The molecule has 2 aromatic heterocycles. The third kappa shape index (κ3) is 3.53. The van der Waals surface area contributed by atoms with Crippen molar-refractivity contribution < 1.29 is 18.0 Å². The van der Waals surface area contributed by atoms with Crippen molar-refractivity contribution in [3.05, 3.63) is 83.9 Å². The molecule has 0 aliphatic carbocycles. The average molecular weight is 403 g/mol. The minimum atomic E-state index is -0.200. The molecule has 0 fully saturated rings.